The normalized spacial score (nSPS) is 10.4. The molecule has 0 saturated carbocycles. The number of nitrogens with zero attached hydrogens (tertiary/aromatic N) is 2. The molecule has 1 N–H and O–H groups in total. The molecule has 2 aromatic rings. The van der Waals surface area contributed by atoms with E-state index in [-0.39, 0.29) is 0 Å². The van der Waals surface area contributed by atoms with Crippen molar-refractivity contribution in [3.05, 3.63) is 39.8 Å². The largest absolute Gasteiger partial charge is 0.366 e. The number of rotatable bonds is 3. The van der Waals surface area contributed by atoms with Gasteiger partial charge in [0.2, 0.25) is 0 Å². The summed E-state index contributed by atoms with van der Waals surface area (Å²) in [7, 11) is 0. The van der Waals surface area contributed by atoms with E-state index in [2.05, 4.69) is 31.4 Å². The summed E-state index contributed by atoms with van der Waals surface area (Å²) >= 11 is 3.33. The molecule has 0 unspecified atom stereocenters. The van der Waals surface area contributed by atoms with Crippen molar-refractivity contribution in [3.8, 4) is 0 Å². The average Bonchev–Trinajstić information content (AvgIpc) is 2.56. The first-order chi connectivity index (χ1) is 7.66. The molecule has 2 heterocycles. The maximum absolute atomic E-state index is 5.09. The molecule has 0 radical (unpaired) electrons. The number of aryl methyl sites for hydroxylation is 2. The van der Waals surface area contributed by atoms with Crippen LogP contribution in [0, 0.1) is 13.8 Å². The lowest BCUT2D eigenvalue weighted by Crippen LogP contribution is -2.02. The number of halogens is 1. The van der Waals surface area contributed by atoms with Crippen molar-refractivity contribution in [2.75, 3.05) is 5.32 Å². The van der Waals surface area contributed by atoms with Gasteiger partial charge in [-0.3, -0.25) is 0 Å². The van der Waals surface area contributed by atoms with E-state index in [1.165, 1.54) is 0 Å². The lowest BCUT2D eigenvalue weighted by atomic mass is 10.2. The molecule has 0 aliphatic rings. The number of pyridine rings is 1. The summed E-state index contributed by atoms with van der Waals surface area (Å²) in [5.74, 6) is 1.68. The van der Waals surface area contributed by atoms with Gasteiger partial charge in [0.25, 0.3) is 0 Å². The summed E-state index contributed by atoms with van der Waals surface area (Å²) in [6.45, 7) is 4.51. The summed E-state index contributed by atoms with van der Waals surface area (Å²) in [6.07, 6.45) is 0. The number of hydrogen-bond donors (Lipinski definition) is 1. The van der Waals surface area contributed by atoms with Crippen LogP contribution in [-0.4, -0.2) is 10.1 Å². The Labute approximate surface area is 102 Å². The van der Waals surface area contributed by atoms with Gasteiger partial charge in [-0.2, -0.15) is 0 Å². The minimum absolute atomic E-state index is 0.671. The monoisotopic (exact) mass is 281 g/mol. The van der Waals surface area contributed by atoms with Crippen LogP contribution in [0.3, 0.4) is 0 Å². The molecule has 0 saturated heterocycles. The maximum Gasteiger partial charge on any atom is 0.138 e. The zero-order valence-corrected chi connectivity index (χ0v) is 10.7. The van der Waals surface area contributed by atoms with Crippen LogP contribution < -0.4 is 5.32 Å². The van der Waals surface area contributed by atoms with Crippen molar-refractivity contribution in [1.82, 2.24) is 10.1 Å². The van der Waals surface area contributed by atoms with Gasteiger partial charge in [-0.1, -0.05) is 11.2 Å². The fraction of sp³-hybridized carbons (Fsp3) is 0.273. The Hall–Kier alpha value is -1.36. The highest BCUT2D eigenvalue weighted by Crippen LogP contribution is 2.15. The molecule has 0 spiro atoms. The molecule has 0 aliphatic heterocycles. The van der Waals surface area contributed by atoms with Crippen LogP contribution in [0.25, 0.3) is 0 Å². The van der Waals surface area contributed by atoms with Gasteiger partial charge in [-0.15, -0.1) is 0 Å². The van der Waals surface area contributed by atoms with Gasteiger partial charge in [0.1, 0.15) is 16.2 Å². The van der Waals surface area contributed by atoms with Gasteiger partial charge in [-0.05, 0) is 41.9 Å². The Morgan fingerprint density at radius 3 is 2.81 bits per heavy atom. The number of aromatic nitrogens is 2. The fourth-order valence-corrected chi connectivity index (χ4v) is 1.78. The Kier molecular flexibility index (Phi) is 3.24. The van der Waals surface area contributed by atoms with E-state index in [9.17, 15) is 0 Å². The Morgan fingerprint density at radius 1 is 1.38 bits per heavy atom. The van der Waals surface area contributed by atoms with E-state index < -0.39 is 0 Å². The zero-order chi connectivity index (χ0) is 11.5. The summed E-state index contributed by atoms with van der Waals surface area (Å²) in [6, 6.07) is 5.75. The quantitative estimate of drug-likeness (QED) is 0.879. The molecule has 0 bridgehead atoms. The zero-order valence-electron chi connectivity index (χ0n) is 9.12. The smallest absolute Gasteiger partial charge is 0.138 e. The molecule has 2 aromatic heterocycles. The Morgan fingerprint density at radius 2 is 2.19 bits per heavy atom. The Bertz CT molecular complexity index is 476. The maximum atomic E-state index is 5.09. The lowest BCUT2D eigenvalue weighted by molar-refractivity contribution is 0.392. The predicted octanol–water partition coefficient (Wildman–Crippen LogP) is 3.06. The molecule has 5 heteroatoms. The lowest BCUT2D eigenvalue weighted by Gasteiger charge is -2.04. The highest BCUT2D eigenvalue weighted by molar-refractivity contribution is 9.10. The van der Waals surface area contributed by atoms with E-state index in [0.717, 1.165) is 27.4 Å². The van der Waals surface area contributed by atoms with Crippen LogP contribution in [-0.2, 0) is 6.54 Å². The fourth-order valence-electron chi connectivity index (χ4n) is 1.44. The summed E-state index contributed by atoms with van der Waals surface area (Å²) in [4.78, 5) is 4.29. The molecule has 84 valence electrons. The SMILES string of the molecule is Cc1noc(C)c1CNc1cccc(Br)n1. The van der Waals surface area contributed by atoms with Gasteiger partial charge in [0.15, 0.2) is 0 Å². The van der Waals surface area contributed by atoms with Crippen molar-refractivity contribution in [1.29, 1.82) is 0 Å². The van der Waals surface area contributed by atoms with Gasteiger partial charge < -0.3 is 9.84 Å². The summed E-state index contributed by atoms with van der Waals surface area (Å²) < 4.78 is 5.90. The van der Waals surface area contributed by atoms with Crippen molar-refractivity contribution in [2.24, 2.45) is 0 Å². The van der Waals surface area contributed by atoms with Crippen LogP contribution in [0.5, 0.6) is 0 Å². The molecule has 0 aliphatic carbocycles. The second-order valence-electron chi connectivity index (χ2n) is 3.50. The third kappa shape index (κ3) is 2.41. The van der Waals surface area contributed by atoms with Crippen LogP contribution >= 0.6 is 15.9 Å². The van der Waals surface area contributed by atoms with E-state index in [4.69, 9.17) is 4.52 Å². The van der Waals surface area contributed by atoms with E-state index >= 15 is 0 Å². The molecule has 0 amide bonds. The topological polar surface area (TPSA) is 51.0 Å². The second-order valence-corrected chi connectivity index (χ2v) is 4.31. The molecule has 0 aromatic carbocycles. The van der Waals surface area contributed by atoms with Crippen molar-refractivity contribution in [3.63, 3.8) is 0 Å². The van der Waals surface area contributed by atoms with Crippen molar-refractivity contribution in [2.45, 2.75) is 20.4 Å². The van der Waals surface area contributed by atoms with Crippen LogP contribution in [0.2, 0.25) is 0 Å². The standard InChI is InChI=1S/C11H12BrN3O/c1-7-9(8(2)16-15-7)6-13-11-5-3-4-10(12)14-11/h3-5H,6H2,1-2H3,(H,13,14). The third-order valence-corrected chi connectivity index (χ3v) is 2.78. The average molecular weight is 282 g/mol. The molecule has 4 nitrogen and oxygen atoms in total. The number of nitrogens with one attached hydrogen (secondary N) is 1. The Balaban J connectivity index is 2.08. The van der Waals surface area contributed by atoms with Gasteiger partial charge in [-0.25, -0.2) is 4.98 Å². The molecule has 16 heavy (non-hydrogen) atoms. The van der Waals surface area contributed by atoms with E-state index in [1.54, 1.807) is 0 Å². The highest BCUT2D eigenvalue weighted by atomic mass is 79.9. The minimum atomic E-state index is 0.671. The van der Waals surface area contributed by atoms with Gasteiger partial charge in [0, 0.05) is 12.1 Å². The minimum Gasteiger partial charge on any atom is -0.366 e. The molecule has 0 atom stereocenters. The van der Waals surface area contributed by atoms with E-state index in [0.29, 0.717) is 6.54 Å². The first-order valence-electron chi connectivity index (χ1n) is 4.95. The highest BCUT2D eigenvalue weighted by Gasteiger charge is 2.08. The van der Waals surface area contributed by atoms with Crippen LogP contribution in [0.15, 0.2) is 27.3 Å². The molecular formula is C11H12BrN3O. The third-order valence-electron chi connectivity index (χ3n) is 2.34. The van der Waals surface area contributed by atoms with E-state index in [1.807, 2.05) is 32.0 Å². The second kappa shape index (κ2) is 4.65. The van der Waals surface area contributed by atoms with Gasteiger partial charge >= 0.3 is 0 Å². The van der Waals surface area contributed by atoms with Gasteiger partial charge in [0.05, 0.1) is 5.69 Å². The number of anilines is 1. The number of hydrogen-bond acceptors (Lipinski definition) is 4. The first-order valence-corrected chi connectivity index (χ1v) is 5.74. The van der Waals surface area contributed by atoms with Crippen LogP contribution in [0.1, 0.15) is 17.0 Å². The first kappa shape index (κ1) is 11.1. The molecular weight excluding hydrogens is 270 g/mol. The molecule has 0 fully saturated rings. The molecule has 2 rings (SSSR count). The predicted molar refractivity (Wildman–Crippen MR) is 65.2 cm³/mol. The van der Waals surface area contributed by atoms with Crippen molar-refractivity contribution >= 4 is 21.7 Å². The summed E-state index contributed by atoms with van der Waals surface area (Å²) in [5, 5.41) is 7.13. The summed E-state index contributed by atoms with van der Waals surface area (Å²) in [5.41, 5.74) is 2.00. The van der Waals surface area contributed by atoms with Crippen LogP contribution in [0.4, 0.5) is 5.82 Å². The van der Waals surface area contributed by atoms with Crippen molar-refractivity contribution < 1.29 is 4.52 Å².